The van der Waals surface area contributed by atoms with Gasteiger partial charge in [0.1, 0.15) is 6.10 Å². The predicted octanol–water partition coefficient (Wildman–Crippen LogP) is 1.10. The Morgan fingerprint density at radius 2 is 1.40 bits per heavy atom. The molecule has 0 aliphatic heterocycles. The Labute approximate surface area is 212 Å². The molecule has 2 atom stereocenters. The van der Waals surface area contributed by atoms with E-state index < -0.39 is 12.9 Å². The predicted molar refractivity (Wildman–Crippen MR) is 133 cm³/mol. The number of ether oxygens (including phenoxy) is 3. The fraction of sp³-hybridized carbons (Fsp3) is 0.905. The second kappa shape index (κ2) is 23.6. The molecule has 0 aliphatic rings. The van der Waals surface area contributed by atoms with Crippen LogP contribution in [0.1, 0.15) is 38.5 Å². The highest BCUT2D eigenvalue weighted by Gasteiger charge is 2.29. The topological polar surface area (TPSA) is 162 Å². The number of rotatable bonds is 25. The first-order valence-electron chi connectivity index (χ1n) is 11.8. The minimum Gasteiger partial charge on any atom is -0.396 e. The van der Waals surface area contributed by atoms with Crippen molar-refractivity contribution >= 4 is 30.0 Å². The van der Waals surface area contributed by atoms with E-state index in [1.165, 1.54) is 0 Å². The molecule has 14 heteroatoms. The highest BCUT2D eigenvalue weighted by molar-refractivity contribution is 8.54. The molecule has 0 spiro atoms. The van der Waals surface area contributed by atoms with Gasteiger partial charge in [-0.2, -0.15) is 0 Å². The Bertz CT molecular complexity index is 588. The molecule has 0 aromatic rings. The van der Waals surface area contributed by atoms with Gasteiger partial charge in [0.05, 0.1) is 39.6 Å². The van der Waals surface area contributed by atoms with Gasteiger partial charge in [-0.25, -0.2) is 4.57 Å². The molecule has 0 aromatic carbocycles. The molecule has 0 fully saturated rings. The van der Waals surface area contributed by atoms with E-state index in [4.69, 9.17) is 33.5 Å². The van der Waals surface area contributed by atoms with Gasteiger partial charge >= 0.3 is 6.80 Å². The van der Waals surface area contributed by atoms with Crippen LogP contribution in [0.25, 0.3) is 0 Å². The number of carbonyl (C=O) groups is 2. The van der Waals surface area contributed by atoms with Crippen molar-refractivity contribution in [3.63, 3.8) is 0 Å². The van der Waals surface area contributed by atoms with E-state index in [-0.39, 0.29) is 64.4 Å². The summed E-state index contributed by atoms with van der Waals surface area (Å²) in [5.74, 6) is -0.407. The largest absolute Gasteiger partial charge is 0.396 e. The molecule has 35 heavy (non-hydrogen) atoms. The zero-order valence-electron chi connectivity index (χ0n) is 20.9. The average molecular weight is 547 g/mol. The summed E-state index contributed by atoms with van der Waals surface area (Å²) in [6.45, 7) is -1.92. The van der Waals surface area contributed by atoms with E-state index in [0.29, 0.717) is 45.5 Å². The Morgan fingerprint density at radius 1 is 0.829 bits per heavy atom. The number of hydrogen-bond acceptors (Lipinski definition) is 11. The van der Waals surface area contributed by atoms with E-state index in [2.05, 4.69) is 10.6 Å². The molecule has 0 aliphatic carbocycles. The Balaban J connectivity index is 4.67. The monoisotopic (exact) mass is 546 g/mol. The van der Waals surface area contributed by atoms with Crippen molar-refractivity contribution in [3.8, 4) is 0 Å². The van der Waals surface area contributed by atoms with Gasteiger partial charge in [-0.05, 0) is 43.3 Å². The average Bonchev–Trinajstić information content (AvgIpc) is 2.85. The van der Waals surface area contributed by atoms with Crippen LogP contribution in [-0.4, -0.2) is 107 Å². The molecule has 0 radical (unpaired) electrons. The second-order valence-electron chi connectivity index (χ2n) is 7.38. The smallest absolute Gasteiger partial charge is 0.389 e. The van der Waals surface area contributed by atoms with Crippen LogP contribution in [0.15, 0.2) is 0 Å². The highest BCUT2D eigenvalue weighted by Crippen LogP contribution is 2.59. The molecule has 2 amide bonds. The minimum atomic E-state index is -3.58. The molecule has 0 aromatic heterocycles. The third kappa shape index (κ3) is 21.1. The molecule has 208 valence electrons. The quantitative estimate of drug-likeness (QED) is 0.0958. The first-order chi connectivity index (χ1) is 16.9. The zero-order chi connectivity index (χ0) is 26.2. The van der Waals surface area contributed by atoms with Crippen LogP contribution in [0.5, 0.6) is 0 Å². The Hall–Kier alpha value is -0.760. The molecule has 0 saturated carbocycles. The number of amides is 2. The number of hydrogen-bond donors (Lipinski definition) is 4. The SMILES string of the molecule is COCCCCC(=O)NCC(CNC(=O)CCCCO)OP(=O)(OCCOCCOCCO)SC. The van der Waals surface area contributed by atoms with Crippen LogP contribution < -0.4 is 10.6 Å². The summed E-state index contributed by atoms with van der Waals surface area (Å²) in [5.41, 5.74) is 0. The Kier molecular flexibility index (Phi) is 23.1. The fourth-order valence-corrected chi connectivity index (χ4v) is 4.84. The van der Waals surface area contributed by atoms with Gasteiger partial charge in [-0.15, -0.1) is 0 Å². The summed E-state index contributed by atoms with van der Waals surface area (Å²) in [7, 11) is 1.60. The summed E-state index contributed by atoms with van der Waals surface area (Å²) in [5, 5.41) is 23.0. The maximum absolute atomic E-state index is 13.1. The van der Waals surface area contributed by atoms with Gasteiger partial charge in [0.2, 0.25) is 11.8 Å². The fourth-order valence-electron chi connectivity index (χ4n) is 2.61. The van der Waals surface area contributed by atoms with Gasteiger partial charge in [0.25, 0.3) is 0 Å². The van der Waals surface area contributed by atoms with Gasteiger partial charge in [-0.3, -0.25) is 18.6 Å². The molecule has 4 N–H and O–H groups in total. The van der Waals surface area contributed by atoms with Crippen molar-refractivity contribution in [2.75, 3.05) is 79.3 Å². The number of unbranched alkanes of at least 4 members (excludes halogenated alkanes) is 2. The molecule has 0 heterocycles. The number of aliphatic hydroxyl groups excluding tert-OH is 2. The lowest BCUT2D eigenvalue weighted by Gasteiger charge is -2.24. The molecule has 0 saturated heterocycles. The van der Waals surface area contributed by atoms with Gasteiger partial charge < -0.3 is 35.1 Å². The van der Waals surface area contributed by atoms with Crippen LogP contribution in [0.4, 0.5) is 0 Å². The Morgan fingerprint density at radius 3 is 1.94 bits per heavy atom. The highest BCUT2D eigenvalue weighted by atomic mass is 32.7. The molecular weight excluding hydrogens is 503 g/mol. The molecule has 2 unspecified atom stereocenters. The summed E-state index contributed by atoms with van der Waals surface area (Å²) in [6, 6.07) is 0. The van der Waals surface area contributed by atoms with Crippen molar-refractivity contribution in [3.05, 3.63) is 0 Å². The molecule has 0 rings (SSSR count). The number of carbonyl (C=O) groups excluding carboxylic acids is 2. The van der Waals surface area contributed by atoms with Crippen molar-refractivity contribution in [1.82, 2.24) is 10.6 Å². The first-order valence-corrected chi connectivity index (χ1v) is 15.2. The summed E-state index contributed by atoms with van der Waals surface area (Å²) in [6.07, 6.45) is 3.88. The lowest BCUT2D eigenvalue weighted by Crippen LogP contribution is -2.41. The summed E-state index contributed by atoms with van der Waals surface area (Å²) in [4.78, 5) is 24.2. The summed E-state index contributed by atoms with van der Waals surface area (Å²) >= 11 is 0.916. The molecule has 12 nitrogen and oxygen atoms in total. The van der Waals surface area contributed by atoms with Crippen molar-refractivity contribution in [2.45, 2.75) is 44.6 Å². The second-order valence-corrected chi connectivity index (χ2v) is 11.5. The van der Waals surface area contributed by atoms with Crippen molar-refractivity contribution < 1.29 is 47.6 Å². The number of aliphatic hydroxyl groups is 2. The van der Waals surface area contributed by atoms with Crippen LogP contribution in [0, 0.1) is 0 Å². The lowest BCUT2D eigenvalue weighted by molar-refractivity contribution is -0.121. The third-order valence-corrected chi connectivity index (χ3v) is 7.87. The standard InChI is InChI=1S/C21H43N2O10PS/c1-29-11-6-4-8-21(27)23-18-19(17-22-20(26)7-3-5-9-24)33-34(28,35-2)32-16-15-31-14-13-30-12-10-25/h19,24-25H,3-18H2,1-2H3,(H,22,26)(H,23,27). The first kappa shape index (κ1) is 34.2. The number of methoxy groups -OCH3 is 1. The molecule has 0 bridgehead atoms. The van der Waals surface area contributed by atoms with Crippen LogP contribution in [-0.2, 0) is 37.4 Å². The van der Waals surface area contributed by atoms with Crippen molar-refractivity contribution in [2.24, 2.45) is 0 Å². The van der Waals surface area contributed by atoms with Gasteiger partial charge in [0.15, 0.2) is 0 Å². The van der Waals surface area contributed by atoms with Crippen LogP contribution >= 0.6 is 18.2 Å². The van der Waals surface area contributed by atoms with E-state index in [1.807, 2.05) is 0 Å². The molecular formula is C21H43N2O10PS. The summed E-state index contributed by atoms with van der Waals surface area (Å²) < 4.78 is 39.6. The normalized spacial score (nSPS) is 13.8. The van der Waals surface area contributed by atoms with Crippen LogP contribution in [0.3, 0.4) is 0 Å². The van der Waals surface area contributed by atoms with E-state index in [0.717, 1.165) is 17.8 Å². The van der Waals surface area contributed by atoms with E-state index in [9.17, 15) is 14.2 Å². The van der Waals surface area contributed by atoms with Gasteiger partial charge in [0, 0.05) is 46.3 Å². The van der Waals surface area contributed by atoms with Crippen LogP contribution in [0.2, 0.25) is 0 Å². The lowest BCUT2D eigenvalue weighted by atomic mass is 10.2. The number of nitrogens with one attached hydrogen (secondary N) is 2. The van der Waals surface area contributed by atoms with Crippen molar-refractivity contribution in [1.29, 1.82) is 0 Å². The zero-order valence-corrected chi connectivity index (χ0v) is 22.6. The van der Waals surface area contributed by atoms with E-state index >= 15 is 0 Å². The third-order valence-electron chi connectivity index (χ3n) is 4.45. The van der Waals surface area contributed by atoms with E-state index in [1.54, 1.807) is 13.4 Å². The maximum Gasteiger partial charge on any atom is 0.389 e. The minimum absolute atomic E-state index is 0.0169. The van der Waals surface area contributed by atoms with Gasteiger partial charge in [-0.1, -0.05) is 0 Å². The maximum atomic E-state index is 13.1.